The van der Waals surface area contributed by atoms with Crippen molar-refractivity contribution in [2.24, 2.45) is 0 Å². The monoisotopic (exact) mass is 300 g/mol. The van der Waals surface area contributed by atoms with Crippen LogP contribution in [0.5, 0.6) is 5.75 Å². The molecule has 0 aliphatic heterocycles. The lowest BCUT2D eigenvalue weighted by Gasteiger charge is -2.10. The normalized spacial score (nSPS) is 11.4. The highest BCUT2D eigenvalue weighted by molar-refractivity contribution is 7.92. The van der Waals surface area contributed by atoms with Crippen LogP contribution in [0.15, 0.2) is 65.8 Å². The molecule has 2 N–H and O–H groups in total. The molecular weight excluding hydrogens is 288 g/mol. The first-order valence-electron chi connectivity index (χ1n) is 6.21. The zero-order valence-corrected chi connectivity index (χ0v) is 11.7. The Hall–Kier alpha value is -2.60. The highest BCUT2D eigenvalue weighted by Gasteiger charge is 2.15. The molecule has 3 aromatic rings. The number of hydrogen-bond donors (Lipinski definition) is 2. The summed E-state index contributed by atoms with van der Waals surface area (Å²) >= 11 is 0. The molecule has 106 valence electrons. The maximum Gasteiger partial charge on any atom is 0.262 e. The van der Waals surface area contributed by atoms with Crippen LogP contribution >= 0.6 is 0 Å². The minimum Gasteiger partial charge on any atom is -0.508 e. The summed E-state index contributed by atoms with van der Waals surface area (Å²) in [5, 5.41) is 11.0. The van der Waals surface area contributed by atoms with E-state index < -0.39 is 10.0 Å². The van der Waals surface area contributed by atoms with Crippen LogP contribution in [0.2, 0.25) is 0 Å². The minimum atomic E-state index is -3.77. The average Bonchev–Trinajstić information content (AvgIpc) is 2.47. The van der Waals surface area contributed by atoms with E-state index in [4.69, 9.17) is 0 Å². The lowest BCUT2D eigenvalue weighted by molar-refractivity contribution is 0.473. The van der Waals surface area contributed by atoms with Gasteiger partial charge in [0.1, 0.15) is 5.75 Å². The number of nitrogens with one attached hydrogen (secondary N) is 1. The van der Waals surface area contributed by atoms with Crippen molar-refractivity contribution in [1.29, 1.82) is 0 Å². The molecule has 0 atom stereocenters. The van der Waals surface area contributed by atoms with Crippen LogP contribution in [-0.2, 0) is 10.0 Å². The third-order valence-corrected chi connectivity index (χ3v) is 4.42. The van der Waals surface area contributed by atoms with Crippen molar-refractivity contribution in [1.82, 2.24) is 4.98 Å². The molecule has 2 aromatic carbocycles. The molecule has 0 bridgehead atoms. The van der Waals surface area contributed by atoms with E-state index in [1.165, 1.54) is 24.3 Å². The Balaban J connectivity index is 2.06. The summed E-state index contributed by atoms with van der Waals surface area (Å²) in [5.41, 5.74) is 0.448. The van der Waals surface area contributed by atoms with Crippen molar-refractivity contribution in [2.75, 3.05) is 4.72 Å². The molecule has 0 spiro atoms. The van der Waals surface area contributed by atoms with Crippen molar-refractivity contribution in [3.63, 3.8) is 0 Å². The first kappa shape index (κ1) is 13.4. The number of nitrogens with zero attached hydrogens (tertiary/aromatic N) is 1. The van der Waals surface area contributed by atoms with Gasteiger partial charge in [0.25, 0.3) is 10.0 Å². The molecule has 0 unspecified atom stereocenters. The fraction of sp³-hybridized carbons (Fsp3) is 0. The van der Waals surface area contributed by atoms with Gasteiger partial charge in [-0.25, -0.2) is 8.42 Å². The molecule has 0 saturated heterocycles. The molecule has 6 heteroatoms. The molecule has 5 nitrogen and oxygen atoms in total. The highest BCUT2D eigenvalue weighted by Crippen LogP contribution is 2.25. The molecule has 0 amide bonds. The Morgan fingerprint density at radius 3 is 2.67 bits per heavy atom. The number of phenolic OH excluding ortho intramolecular Hbond substituents is 1. The topological polar surface area (TPSA) is 79.3 Å². The summed E-state index contributed by atoms with van der Waals surface area (Å²) in [4.78, 5) is 4.02. The van der Waals surface area contributed by atoms with E-state index in [0.717, 1.165) is 5.39 Å². The molecule has 0 aliphatic carbocycles. The van der Waals surface area contributed by atoms with Gasteiger partial charge in [0.2, 0.25) is 0 Å². The Bertz CT molecular complexity index is 902. The lowest BCUT2D eigenvalue weighted by atomic mass is 10.1. The second-order valence-corrected chi connectivity index (χ2v) is 6.19. The van der Waals surface area contributed by atoms with Gasteiger partial charge in [0.15, 0.2) is 0 Å². The van der Waals surface area contributed by atoms with Gasteiger partial charge in [-0.1, -0.05) is 18.2 Å². The molecular formula is C15H12N2O3S. The largest absolute Gasteiger partial charge is 0.508 e. The number of hydrogen-bond acceptors (Lipinski definition) is 4. The average molecular weight is 300 g/mol. The van der Waals surface area contributed by atoms with Crippen molar-refractivity contribution >= 4 is 26.5 Å². The maximum atomic E-state index is 12.4. The van der Waals surface area contributed by atoms with Gasteiger partial charge in [-0.3, -0.25) is 9.71 Å². The second-order valence-electron chi connectivity index (χ2n) is 4.51. The molecule has 1 aromatic heterocycles. The fourth-order valence-electron chi connectivity index (χ4n) is 2.06. The lowest BCUT2D eigenvalue weighted by Crippen LogP contribution is -2.13. The quantitative estimate of drug-likeness (QED) is 0.779. The summed E-state index contributed by atoms with van der Waals surface area (Å²) in [7, 11) is -3.77. The van der Waals surface area contributed by atoms with Crippen LogP contribution in [0.4, 0.5) is 5.69 Å². The first-order valence-corrected chi connectivity index (χ1v) is 7.69. The summed E-state index contributed by atoms with van der Waals surface area (Å²) in [6, 6.07) is 12.6. The predicted molar refractivity (Wildman–Crippen MR) is 80.7 cm³/mol. The van der Waals surface area contributed by atoms with Gasteiger partial charge in [0.05, 0.1) is 10.6 Å². The fourth-order valence-corrected chi connectivity index (χ4v) is 3.18. The van der Waals surface area contributed by atoms with Crippen LogP contribution < -0.4 is 4.72 Å². The van der Waals surface area contributed by atoms with E-state index in [-0.39, 0.29) is 10.6 Å². The van der Waals surface area contributed by atoms with Crippen molar-refractivity contribution in [3.8, 4) is 5.75 Å². The Morgan fingerprint density at radius 2 is 1.86 bits per heavy atom. The Labute approximate surface area is 121 Å². The SMILES string of the molecule is O=S(=O)(Nc1cccc2ccncc12)c1cccc(O)c1. The third-order valence-electron chi connectivity index (χ3n) is 3.06. The number of anilines is 1. The third kappa shape index (κ3) is 2.66. The van der Waals surface area contributed by atoms with Crippen LogP contribution in [0, 0.1) is 0 Å². The number of rotatable bonds is 3. The molecule has 0 radical (unpaired) electrons. The number of benzene rings is 2. The van der Waals surface area contributed by atoms with E-state index in [9.17, 15) is 13.5 Å². The Morgan fingerprint density at radius 1 is 1.05 bits per heavy atom. The molecule has 1 heterocycles. The molecule has 0 aliphatic rings. The Kier molecular flexibility index (Phi) is 3.23. The van der Waals surface area contributed by atoms with Crippen molar-refractivity contribution in [2.45, 2.75) is 4.90 Å². The molecule has 0 fully saturated rings. The van der Waals surface area contributed by atoms with Gasteiger partial charge in [-0.2, -0.15) is 0 Å². The van der Waals surface area contributed by atoms with Gasteiger partial charge < -0.3 is 5.11 Å². The number of sulfonamides is 1. The van der Waals surface area contributed by atoms with Crippen molar-refractivity contribution < 1.29 is 13.5 Å². The highest BCUT2D eigenvalue weighted by atomic mass is 32.2. The van der Waals surface area contributed by atoms with Crippen LogP contribution in [0.25, 0.3) is 10.8 Å². The maximum absolute atomic E-state index is 12.4. The molecule has 0 saturated carbocycles. The van der Waals surface area contributed by atoms with Crippen LogP contribution in [0.3, 0.4) is 0 Å². The number of pyridine rings is 1. The van der Waals surface area contributed by atoms with Gasteiger partial charge in [-0.15, -0.1) is 0 Å². The van der Waals surface area contributed by atoms with E-state index in [1.54, 1.807) is 24.5 Å². The van der Waals surface area contributed by atoms with Crippen molar-refractivity contribution in [3.05, 3.63) is 60.9 Å². The van der Waals surface area contributed by atoms with E-state index in [1.807, 2.05) is 12.1 Å². The summed E-state index contributed by atoms with van der Waals surface area (Å²) in [5.74, 6) is -0.0996. The van der Waals surface area contributed by atoms with Crippen LogP contribution in [-0.4, -0.2) is 18.5 Å². The number of fused-ring (bicyclic) bond motifs is 1. The number of phenols is 1. The molecule has 21 heavy (non-hydrogen) atoms. The zero-order chi connectivity index (χ0) is 14.9. The summed E-state index contributed by atoms with van der Waals surface area (Å²) in [6.45, 7) is 0. The zero-order valence-electron chi connectivity index (χ0n) is 10.9. The summed E-state index contributed by atoms with van der Waals surface area (Å²) in [6.07, 6.45) is 3.26. The van der Waals surface area contributed by atoms with Gasteiger partial charge >= 0.3 is 0 Å². The molecule has 3 rings (SSSR count). The van der Waals surface area contributed by atoms with Crippen LogP contribution in [0.1, 0.15) is 0 Å². The van der Waals surface area contributed by atoms with E-state index in [2.05, 4.69) is 9.71 Å². The second kappa shape index (κ2) is 5.06. The predicted octanol–water partition coefficient (Wildman–Crippen LogP) is 2.74. The van der Waals surface area contributed by atoms with E-state index >= 15 is 0 Å². The van der Waals surface area contributed by atoms with Gasteiger partial charge in [0, 0.05) is 23.8 Å². The van der Waals surface area contributed by atoms with Gasteiger partial charge in [-0.05, 0) is 29.7 Å². The summed E-state index contributed by atoms with van der Waals surface area (Å²) < 4.78 is 27.2. The van der Waals surface area contributed by atoms with E-state index in [0.29, 0.717) is 11.1 Å². The first-order chi connectivity index (χ1) is 10.1. The number of aromatic nitrogens is 1. The standard InChI is InChI=1S/C15H12N2O3S/c18-12-4-2-5-13(9-12)21(19,20)17-15-6-1-3-11-7-8-16-10-14(11)15/h1-10,17-18H. The smallest absolute Gasteiger partial charge is 0.262 e. The number of aromatic hydroxyl groups is 1. The minimum absolute atomic E-state index is 0.00314.